The lowest BCUT2D eigenvalue weighted by Crippen LogP contribution is -2.23. The van der Waals surface area contributed by atoms with Gasteiger partial charge in [-0.2, -0.15) is 0 Å². The molecule has 84 valence electrons. The number of para-hydroxylation sites is 1. The third kappa shape index (κ3) is 2.30. The minimum absolute atomic E-state index is 0.247. The standard InChI is InChI=1S/C12H13NO3/c1-8(7-14)11(12(13)15)9-5-3-4-6-10(9)16-2/h3-6,11H,1-2H3,(H2,13,15). The van der Waals surface area contributed by atoms with E-state index in [0.29, 0.717) is 11.3 Å². The van der Waals surface area contributed by atoms with Gasteiger partial charge in [0, 0.05) is 11.1 Å². The summed E-state index contributed by atoms with van der Waals surface area (Å²) in [6.07, 6.45) is 0. The number of hydrogen-bond acceptors (Lipinski definition) is 3. The first-order valence-electron chi connectivity index (χ1n) is 4.75. The second kappa shape index (κ2) is 5.14. The maximum Gasteiger partial charge on any atom is 0.229 e. The highest BCUT2D eigenvalue weighted by atomic mass is 16.5. The van der Waals surface area contributed by atoms with E-state index in [-0.39, 0.29) is 5.57 Å². The fraction of sp³-hybridized carbons (Fsp3) is 0.250. The molecule has 0 saturated carbocycles. The van der Waals surface area contributed by atoms with Gasteiger partial charge in [0.25, 0.3) is 0 Å². The molecule has 0 aromatic heterocycles. The van der Waals surface area contributed by atoms with Gasteiger partial charge in [-0.25, -0.2) is 4.79 Å². The molecular weight excluding hydrogens is 206 g/mol. The molecule has 0 heterocycles. The van der Waals surface area contributed by atoms with E-state index in [2.05, 4.69) is 0 Å². The van der Waals surface area contributed by atoms with Gasteiger partial charge in [-0.15, -0.1) is 0 Å². The molecule has 0 aliphatic rings. The number of hydrogen-bond donors (Lipinski definition) is 1. The number of carbonyl (C=O) groups is 1. The van der Waals surface area contributed by atoms with Crippen LogP contribution in [0.1, 0.15) is 18.4 Å². The summed E-state index contributed by atoms with van der Waals surface area (Å²) in [6.45, 7) is 1.52. The Morgan fingerprint density at radius 3 is 2.56 bits per heavy atom. The van der Waals surface area contributed by atoms with Gasteiger partial charge in [0.15, 0.2) is 0 Å². The smallest absolute Gasteiger partial charge is 0.229 e. The first-order chi connectivity index (χ1) is 7.61. The molecule has 1 aromatic rings. The number of methoxy groups -OCH3 is 1. The summed E-state index contributed by atoms with van der Waals surface area (Å²) in [4.78, 5) is 21.9. The summed E-state index contributed by atoms with van der Waals surface area (Å²) in [5, 5.41) is 0. The van der Waals surface area contributed by atoms with Crippen molar-refractivity contribution in [2.75, 3.05) is 7.11 Å². The van der Waals surface area contributed by atoms with Crippen LogP contribution in [0.15, 0.2) is 29.8 Å². The molecule has 1 amide bonds. The van der Waals surface area contributed by atoms with Gasteiger partial charge in [0.2, 0.25) is 5.91 Å². The third-order valence-corrected chi connectivity index (χ3v) is 2.33. The van der Waals surface area contributed by atoms with E-state index >= 15 is 0 Å². The maximum absolute atomic E-state index is 11.3. The fourth-order valence-corrected chi connectivity index (χ4v) is 1.56. The highest BCUT2D eigenvalue weighted by Gasteiger charge is 2.23. The summed E-state index contributed by atoms with van der Waals surface area (Å²) >= 11 is 0. The maximum atomic E-state index is 11.3. The first-order valence-corrected chi connectivity index (χ1v) is 4.75. The zero-order chi connectivity index (χ0) is 12.1. The predicted octanol–water partition coefficient (Wildman–Crippen LogP) is 1.04. The third-order valence-electron chi connectivity index (χ3n) is 2.33. The summed E-state index contributed by atoms with van der Waals surface area (Å²) in [6, 6.07) is 6.95. The Kier molecular flexibility index (Phi) is 3.86. The molecule has 0 aliphatic carbocycles. The van der Waals surface area contributed by atoms with E-state index < -0.39 is 11.8 Å². The molecule has 0 bridgehead atoms. The highest BCUT2D eigenvalue weighted by Crippen LogP contribution is 2.30. The van der Waals surface area contributed by atoms with Crippen LogP contribution in [-0.4, -0.2) is 19.0 Å². The highest BCUT2D eigenvalue weighted by molar-refractivity contribution is 5.88. The molecular formula is C12H13NO3. The van der Waals surface area contributed by atoms with Crippen molar-refractivity contribution in [1.82, 2.24) is 0 Å². The monoisotopic (exact) mass is 219 g/mol. The van der Waals surface area contributed by atoms with Gasteiger partial charge in [0.05, 0.1) is 13.0 Å². The van der Waals surface area contributed by atoms with Crippen molar-refractivity contribution in [2.24, 2.45) is 5.73 Å². The number of carbonyl (C=O) groups excluding carboxylic acids is 2. The molecule has 4 heteroatoms. The average molecular weight is 219 g/mol. The number of nitrogens with two attached hydrogens (primary N) is 1. The normalized spacial score (nSPS) is 11.4. The SMILES string of the molecule is COc1ccccc1C(C(N)=O)C(C)=C=O. The zero-order valence-electron chi connectivity index (χ0n) is 9.19. The Labute approximate surface area is 93.7 Å². The fourth-order valence-electron chi connectivity index (χ4n) is 1.56. The molecule has 1 aromatic carbocycles. The quantitative estimate of drug-likeness (QED) is 0.769. The Bertz CT molecular complexity index is 447. The molecule has 0 aliphatic heterocycles. The van der Waals surface area contributed by atoms with E-state index in [1.54, 1.807) is 30.2 Å². The lowest BCUT2D eigenvalue weighted by atomic mass is 9.91. The predicted molar refractivity (Wildman–Crippen MR) is 59.8 cm³/mol. The van der Waals surface area contributed by atoms with Crippen molar-refractivity contribution in [3.05, 3.63) is 35.4 Å². The molecule has 1 unspecified atom stereocenters. The van der Waals surface area contributed by atoms with Crippen molar-refractivity contribution in [3.8, 4) is 5.75 Å². The Balaban J connectivity index is 3.31. The van der Waals surface area contributed by atoms with Crippen LogP contribution in [0.4, 0.5) is 0 Å². The van der Waals surface area contributed by atoms with Crippen LogP contribution in [0.25, 0.3) is 0 Å². The summed E-state index contributed by atoms with van der Waals surface area (Å²) in [5.41, 5.74) is 6.10. The minimum Gasteiger partial charge on any atom is -0.496 e. The second-order valence-corrected chi connectivity index (χ2v) is 3.36. The number of primary amides is 1. The van der Waals surface area contributed by atoms with Crippen molar-refractivity contribution >= 4 is 11.8 Å². The van der Waals surface area contributed by atoms with E-state index in [1.807, 2.05) is 0 Å². The van der Waals surface area contributed by atoms with Crippen LogP contribution >= 0.6 is 0 Å². The van der Waals surface area contributed by atoms with Crippen LogP contribution in [-0.2, 0) is 9.59 Å². The largest absolute Gasteiger partial charge is 0.496 e. The Hall–Kier alpha value is -2.06. The number of ether oxygens (including phenoxy) is 1. The Morgan fingerprint density at radius 2 is 2.06 bits per heavy atom. The average Bonchev–Trinajstić information content (AvgIpc) is 2.29. The van der Waals surface area contributed by atoms with Crippen molar-refractivity contribution in [3.63, 3.8) is 0 Å². The molecule has 2 N–H and O–H groups in total. The molecule has 1 atom stereocenters. The van der Waals surface area contributed by atoms with Gasteiger partial charge in [-0.1, -0.05) is 18.2 Å². The van der Waals surface area contributed by atoms with Crippen molar-refractivity contribution in [2.45, 2.75) is 12.8 Å². The van der Waals surface area contributed by atoms with Crippen LogP contribution in [0.5, 0.6) is 5.75 Å². The lowest BCUT2D eigenvalue weighted by molar-refractivity contribution is -0.118. The van der Waals surface area contributed by atoms with Gasteiger partial charge in [-0.05, 0) is 13.0 Å². The van der Waals surface area contributed by atoms with E-state index in [0.717, 1.165) is 0 Å². The van der Waals surface area contributed by atoms with E-state index in [1.165, 1.54) is 14.0 Å². The molecule has 4 nitrogen and oxygen atoms in total. The summed E-state index contributed by atoms with van der Waals surface area (Å²) < 4.78 is 5.12. The van der Waals surface area contributed by atoms with Gasteiger partial charge >= 0.3 is 0 Å². The Morgan fingerprint density at radius 1 is 1.44 bits per heavy atom. The van der Waals surface area contributed by atoms with Gasteiger partial charge in [-0.3, -0.25) is 4.79 Å². The van der Waals surface area contributed by atoms with Crippen LogP contribution in [0.3, 0.4) is 0 Å². The lowest BCUT2D eigenvalue weighted by Gasteiger charge is -2.15. The van der Waals surface area contributed by atoms with Crippen molar-refractivity contribution in [1.29, 1.82) is 0 Å². The summed E-state index contributed by atoms with van der Waals surface area (Å²) in [7, 11) is 1.50. The molecule has 16 heavy (non-hydrogen) atoms. The van der Waals surface area contributed by atoms with Crippen LogP contribution in [0, 0.1) is 0 Å². The van der Waals surface area contributed by atoms with Crippen LogP contribution in [0.2, 0.25) is 0 Å². The molecule has 1 rings (SSSR count). The van der Waals surface area contributed by atoms with Gasteiger partial charge < -0.3 is 10.5 Å². The van der Waals surface area contributed by atoms with E-state index in [9.17, 15) is 9.59 Å². The van der Waals surface area contributed by atoms with E-state index in [4.69, 9.17) is 10.5 Å². The zero-order valence-corrected chi connectivity index (χ0v) is 9.19. The van der Waals surface area contributed by atoms with Gasteiger partial charge in [0.1, 0.15) is 11.7 Å². The first kappa shape index (κ1) is 12.0. The summed E-state index contributed by atoms with van der Waals surface area (Å²) in [5.74, 6) is 0.859. The molecule has 0 spiro atoms. The number of benzene rings is 1. The van der Waals surface area contributed by atoms with Crippen LogP contribution < -0.4 is 10.5 Å². The second-order valence-electron chi connectivity index (χ2n) is 3.36. The van der Waals surface area contributed by atoms with Crippen molar-refractivity contribution < 1.29 is 14.3 Å². The molecule has 0 saturated heterocycles. The molecule has 0 radical (unpaired) electrons. The number of amides is 1. The number of rotatable bonds is 4. The topological polar surface area (TPSA) is 69.4 Å². The minimum atomic E-state index is -0.784. The molecule has 0 fully saturated rings.